The standard InChI is InChI=1S/C24H21ClN6O3S/c1-2-34-23(33)19-20(25)35-24(27-19)26-13-14-7-9-15(10-8-14)17-5-3-4-6-18(17)21-28-29-30-31(21)22(32)16-11-12-16/h3-10,16H,2,11-13H2,1H3,(H,26,27). The molecule has 0 amide bonds. The average molecular weight is 509 g/mol. The van der Waals surface area contributed by atoms with Gasteiger partial charge in [-0.2, -0.15) is 4.68 Å². The summed E-state index contributed by atoms with van der Waals surface area (Å²) < 4.78 is 6.58. The lowest BCUT2D eigenvalue weighted by atomic mass is 9.98. The Labute approximate surface area is 210 Å². The third-order valence-electron chi connectivity index (χ3n) is 5.54. The van der Waals surface area contributed by atoms with Gasteiger partial charge in [-0.25, -0.2) is 9.78 Å². The van der Waals surface area contributed by atoms with Gasteiger partial charge in [0.05, 0.1) is 6.61 Å². The molecule has 11 heteroatoms. The van der Waals surface area contributed by atoms with Gasteiger partial charge in [0.2, 0.25) is 0 Å². The van der Waals surface area contributed by atoms with E-state index in [0.717, 1.165) is 35.1 Å². The van der Waals surface area contributed by atoms with Gasteiger partial charge in [-0.15, -0.1) is 5.10 Å². The summed E-state index contributed by atoms with van der Waals surface area (Å²) in [4.78, 5) is 28.8. The highest BCUT2D eigenvalue weighted by Gasteiger charge is 2.33. The Bertz CT molecular complexity index is 1380. The molecule has 1 aliphatic rings. The molecule has 0 unspecified atom stereocenters. The van der Waals surface area contributed by atoms with Crippen LogP contribution in [-0.4, -0.2) is 43.7 Å². The van der Waals surface area contributed by atoms with Crippen molar-refractivity contribution >= 4 is 39.9 Å². The lowest BCUT2D eigenvalue weighted by molar-refractivity contribution is 0.0520. The molecule has 0 spiro atoms. The van der Waals surface area contributed by atoms with E-state index in [-0.39, 0.29) is 24.1 Å². The second-order valence-corrected chi connectivity index (χ2v) is 9.59. The average Bonchev–Trinajstić information content (AvgIpc) is 3.49. The zero-order valence-electron chi connectivity index (χ0n) is 18.8. The summed E-state index contributed by atoms with van der Waals surface area (Å²) in [5, 5.41) is 15.6. The molecule has 0 saturated heterocycles. The Morgan fingerprint density at radius 1 is 1.14 bits per heavy atom. The molecule has 0 atom stereocenters. The van der Waals surface area contributed by atoms with Crippen LogP contribution in [0.25, 0.3) is 22.5 Å². The SMILES string of the molecule is CCOC(=O)c1nc(NCc2ccc(-c3ccccc3-c3nnnn3C(=O)C3CC3)cc2)sc1Cl. The van der Waals surface area contributed by atoms with E-state index < -0.39 is 5.97 Å². The number of hydrogen-bond donors (Lipinski definition) is 1. The number of halogens is 1. The topological polar surface area (TPSA) is 112 Å². The highest BCUT2D eigenvalue weighted by Crippen LogP contribution is 2.34. The summed E-state index contributed by atoms with van der Waals surface area (Å²) in [5.74, 6) is -0.136. The predicted molar refractivity (Wildman–Crippen MR) is 132 cm³/mol. The number of benzene rings is 2. The molecule has 1 saturated carbocycles. The molecule has 1 N–H and O–H groups in total. The number of anilines is 1. The van der Waals surface area contributed by atoms with Crippen molar-refractivity contribution in [3.8, 4) is 22.5 Å². The number of thiazole rings is 1. The molecule has 5 rings (SSSR count). The minimum Gasteiger partial charge on any atom is -0.461 e. The van der Waals surface area contributed by atoms with Crippen molar-refractivity contribution in [3.05, 3.63) is 64.1 Å². The van der Waals surface area contributed by atoms with E-state index in [1.54, 1.807) is 6.92 Å². The molecule has 2 aromatic carbocycles. The van der Waals surface area contributed by atoms with Crippen molar-refractivity contribution in [2.24, 2.45) is 5.92 Å². The van der Waals surface area contributed by atoms with E-state index in [2.05, 4.69) is 25.8 Å². The summed E-state index contributed by atoms with van der Waals surface area (Å²) in [6, 6.07) is 15.8. The van der Waals surface area contributed by atoms with Gasteiger partial charge in [0.15, 0.2) is 16.6 Å². The Morgan fingerprint density at radius 2 is 1.89 bits per heavy atom. The molecular weight excluding hydrogens is 488 g/mol. The van der Waals surface area contributed by atoms with Crippen molar-refractivity contribution in [2.75, 3.05) is 11.9 Å². The summed E-state index contributed by atoms with van der Waals surface area (Å²) in [5.41, 5.74) is 3.83. The summed E-state index contributed by atoms with van der Waals surface area (Å²) in [6.07, 6.45) is 1.76. The van der Waals surface area contributed by atoms with Crippen LogP contribution in [-0.2, 0) is 11.3 Å². The first-order valence-electron chi connectivity index (χ1n) is 11.1. The molecular formula is C24H21ClN6O3S. The van der Waals surface area contributed by atoms with E-state index in [9.17, 15) is 9.59 Å². The quantitative estimate of drug-likeness (QED) is 0.262. The maximum Gasteiger partial charge on any atom is 0.359 e. The first kappa shape index (κ1) is 23.1. The van der Waals surface area contributed by atoms with E-state index in [1.807, 2.05) is 48.5 Å². The van der Waals surface area contributed by atoms with Crippen molar-refractivity contribution in [1.29, 1.82) is 0 Å². The number of esters is 1. The van der Waals surface area contributed by atoms with Crippen LogP contribution in [0.15, 0.2) is 48.5 Å². The molecule has 1 fully saturated rings. The summed E-state index contributed by atoms with van der Waals surface area (Å²) in [7, 11) is 0. The number of hydrogen-bond acceptors (Lipinski definition) is 9. The van der Waals surface area contributed by atoms with Gasteiger partial charge >= 0.3 is 5.97 Å². The number of carbonyl (C=O) groups excluding carboxylic acids is 2. The highest BCUT2D eigenvalue weighted by molar-refractivity contribution is 7.19. The predicted octanol–water partition coefficient (Wildman–Crippen LogP) is 4.96. The molecule has 2 aromatic heterocycles. The smallest absolute Gasteiger partial charge is 0.359 e. The number of carbonyl (C=O) groups is 2. The summed E-state index contributed by atoms with van der Waals surface area (Å²) >= 11 is 7.32. The molecule has 0 bridgehead atoms. The van der Waals surface area contributed by atoms with Crippen molar-refractivity contribution in [2.45, 2.75) is 26.3 Å². The van der Waals surface area contributed by atoms with Crippen LogP contribution in [0.2, 0.25) is 4.34 Å². The van der Waals surface area contributed by atoms with E-state index >= 15 is 0 Å². The number of rotatable bonds is 8. The third-order valence-corrected chi connectivity index (χ3v) is 6.75. The van der Waals surface area contributed by atoms with Crippen LogP contribution >= 0.6 is 22.9 Å². The maximum absolute atomic E-state index is 12.6. The first-order valence-corrected chi connectivity index (χ1v) is 12.3. The van der Waals surface area contributed by atoms with Crippen LogP contribution in [0, 0.1) is 5.92 Å². The fourth-order valence-electron chi connectivity index (χ4n) is 3.62. The number of aromatic nitrogens is 5. The molecule has 0 radical (unpaired) electrons. The zero-order chi connectivity index (χ0) is 24.4. The van der Waals surface area contributed by atoms with Crippen molar-refractivity contribution < 1.29 is 14.3 Å². The van der Waals surface area contributed by atoms with Crippen LogP contribution in [0.1, 0.15) is 40.6 Å². The molecule has 178 valence electrons. The Kier molecular flexibility index (Phi) is 6.56. The minimum atomic E-state index is -0.533. The second kappa shape index (κ2) is 9.93. The number of nitrogens with zero attached hydrogens (tertiary/aromatic N) is 5. The number of ether oxygens (including phenoxy) is 1. The largest absolute Gasteiger partial charge is 0.461 e. The van der Waals surface area contributed by atoms with Gasteiger partial charge in [0, 0.05) is 18.0 Å². The molecule has 0 aliphatic heterocycles. The minimum absolute atomic E-state index is 0.0114. The monoisotopic (exact) mass is 508 g/mol. The van der Waals surface area contributed by atoms with Crippen LogP contribution in [0.3, 0.4) is 0 Å². The zero-order valence-corrected chi connectivity index (χ0v) is 20.3. The normalized spacial score (nSPS) is 13.0. The summed E-state index contributed by atoms with van der Waals surface area (Å²) in [6.45, 7) is 2.49. The van der Waals surface area contributed by atoms with E-state index in [4.69, 9.17) is 16.3 Å². The lowest BCUT2D eigenvalue weighted by Crippen LogP contribution is -2.16. The Morgan fingerprint density at radius 3 is 2.60 bits per heavy atom. The highest BCUT2D eigenvalue weighted by atomic mass is 35.5. The fraction of sp³-hybridized carbons (Fsp3) is 0.250. The van der Waals surface area contributed by atoms with Crippen molar-refractivity contribution in [1.82, 2.24) is 25.2 Å². The van der Waals surface area contributed by atoms with Gasteiger partial charge in [0.1, 0.15) is 4.34 Å². The Hall–Kier alpha value is -3.63. The van der Waals surface area contributed by atoms with Gasteiger partial charge < -0.3 is 10.1 Å². The molecule has 35 heavy (non-hydrogen) atoms. The van der Waals surface area contributed by atoms with Gasteiger partial charge in [-0.05, 0) is 46.9 Å². The van der Waals surface area contributed by atoms with Gasteiger partial charge in [-0.3, -0.25) is 4.79 Å². The van der Waals surface area contributed by atoms with Gasteiger partial charge in [-0.1, -0.05) is 71.5 Å². The van der Waals surface area contributed by atoms with E-state index in [0.29, 0.717) is 21.8 Å². The molecule has 2 heterocycles. The van der Waals surface area contributed by atoms with Gasteiger partial charge in [0.25, 0.3) is 5.91 Å². The molecule has 1 aliphatic carbocycles. The molecule has 4 aromatic rings. The third kappa shape index (κ3) is 4.94. The Balaban J connectivity index is 1.33. The van der Waals surface area contributed by atoms with Crippen LogP contribution in [0.5, 0.6) is 0 Å². The lowest BCUT2D eigenvalue weighted by Gasteiger charge is -2.10. The van der Waals surface area contributed by atoms with Crippen LogP contribution < -0.4 is 5.32 Å². The first-order chi connectivity index (χ1) is 17.0. The second-order valence-electron chi connectivity index (χ2n) is 7.98. The maximum atomic E-state index is 12.6. The van der Waals surface area contributed by atoms with Crippen molar-refractivity contribution in [3.63, 3.8) is 0 Å². The number of nitrogens with one attached hydrogen (secondary N) is 1. The van der Waals surface area contributed by atoms with E-state index in [1.165, 1.54) is 16.0 Å². The van der Waals surface area contributed by atoms with Crippen LogP contribution in [0.4, 0.5) is 5.13 Å². The fourth-order valence-corrected chi connectivity index (χ4v) is 4.63. The number of tetrazole rings is 1. The molecule has 9 nitrogen and oxygen atoms in total.